The lowest BCUT2D eigenvalue weighted by Gasteiger charge is -2.10. The van der Waals surface area contributed by atoms with E-state index in [4.69, 9.17) is 0 Å². The number of hydrogen-bond donors (Lipinski definition) is 2. The van der Waals surface area contributed by atoms with Crippen molar-refractivity contribution in [2.75, 3.05) is 5.32 Å². The molecule has 0 saturated carbocycles. The lowest BCUT2D eigenvalue weighted by Crippen LogP contribution is -2.05. The minimum atomic E-state index is -2.94. The minimum Gasteiger partial charge on any atom is -0.435 e. The number of rotatable bonds is 5. The predicted molar refractivity (Wildman–Crippen MR) is 103 cm³/mol. The van der Waals surface area contributed by atoms with Gasteiger partial charge >= 0.3 is 6.61 Å². The Kier molecular flexibility index (Phi) is 4.67. The van der Waals surface area contributed by atoms with Crippen molar-refractivity contribution in [2.45, 2.75) is 20.5 Å². The second-order valence-corrected chi connectivity index (χ2v) is 6.31. The van der Waals surface area contributed by atoms with Crippen molar-refractivity contribution in [3.63, 3.8) is 0 Å². The molecule has 0 unspecified atom stereocenters. The first-order valence-electron chi connectivity index (χ1n) is 8.64. The SMILES string of the molecule is Cc1cc(Nc2cc3c(cn2)c(=O)[nH]n3-c2cccc(OC(F)F)c2)nc(C)n1. The third kappa shape index (κ3) is 3.91. The summed E-state index contributed by atoms with van der Waals surface area (Å²) in [6, 6.07) is 9.48. The summed E-state index contributed by atoms with van der Waals surface area (Å²) in [6.07, 6.45) is 1.44. The van der Waals surface area contributed by atoms with E-state index in [0.717, 1.165) is 5.69 Å². The van der Waals surface area contributed by atoms with Crippen LogP contribution in [0.1, 0.15) is 11.5 Å². The number of halogens is 2. The topological polar surface area (TPSA) is 97.7 Å². The lowest BCUT2D eigenvalue weighted by atomic mass is 10.2. The van der Waals surface area contributed by atoms with Gasteiger partial charge in [-0.3, -0.25) is 14.6 Å². The molecule has 4 rings (SSSR count). The van der Waals surface area contributed by atoms with Gasteiger partial charge in [-0.05, 0) is 26.0 Å². The molecule has 3 heterocycles. The van der Waals surface area contributed by atoms with Gasteiger partial charge in [-0.25, -0.2) is 15.0 Å². The van der Waals surface area contributed by atoms with E-state index in [1.165, 1.54) is 23.0 Å². The van der Waals surface area contributed by atoms with Gasteiger partial charge in [-0.2, -0.15) is 8.78 Å². The number of nitrogens with one attached hydrogen (secondary N) is 2. The molecule has 3 aromatic heterocycles. The second-order valence-electron chi connectivity index (χ2n) is 6.31. The molecule has 0 spiro atoms. The van der Waals surface area contributed by atoms with Crippen LogP contribution in [0.2, 0.25) is 0 Å². The highest BCUT2D eigenvalue weighted by molar-refractivity contribution is 5.82. The summed E-state index contributed by atoms with van der Waals surface area (Å²) in [7, 11) is 0. The molecule has 4 aromatic rings. The van der Waals surface area contributed by atoms with E-state index in [2.05, 4.69) is 30.1 Å². The molecule has 0 bridgehead atoms. The van der Waals surface area contributed by atoms with Crippen LogP contribution in [0.25, 0.3) is 16.6 Å². The Balaban J connectivity index is 1.76. The van der Waals surface area contributed by atoms with Crippen molar-refractivity contribution in [3.8, 4) is 11.4 Å². The van der Waals surface area contributed by atoms with Crippen molar-refractivity contribution >= 4 is 22.5 Å². The number of hydrogen-bond acceptors (Lipinski definition) is 6. The Morgan fingerprint density at radius 1 is 1.14 bits per heavy atom. The van der Waals surface area contributed by atoms with Gasteiger partial charge in [0.25, 0.3) is 5.56 Å². The molecule has 0 amide bonds. The van der Waals surface area contributed by atoms with Crippen molar-refractivity contribution < 1.29 is 13.5 Å². The summed E-state index contributed by atoms with van der Waals surface area (Å²) >= 11 is 0. The number of pyridine rings is 1. The Morgan fingerprint density at radius 3 is 2.72 bits per heavy atom. The maximum atomic E-state index is 12.5. The standard InChI is InChI=1S/C19H16F2N6O2/c1-10-6-17(24-11(2)23-10)25-16-8-15-14(9-22-16)18(28)26-27(15)12-4-3-5-13(7-12)29-19(20)21/h3-9,19H,1-2H3,(H,26,28)(H,22,23,24,25). The molecule has 0 radical (unpaired) electrons. The maximum Gasteiger partial charge on any atom is 0.387 e. The number of nitrogens with zero attached hydrogens (tertiary/aromatic N) is 4. The monoisotopic (exact) mass is 398 g/mol. The van der Waals surface area contributed by atoms with Crippen LogP contribution in [-0.4, -0.2) is 31.3 Å². The summed E-state index contributed by atoms with van der Waals surface area (Å²) in [5.74, 6) is 1.63. The number of ether oxygens (including phenoxy) is 1. The number of anilines is 2. The van der Waals surface area contributed by atoms with E-state index < -0.39 is 6.61 Å². The van der Waals surface area contributed by atoms with Crippen LogP contribution in [0, 0.1) is 13.8 Å². The molecule has 0 aliphatic carbocycles. The summed E-state index contributed by atoms with van der Waals surface area (Å²) in [5, 5.41) is 6.12. The fourth-order valence-electron chi connectivity index (χ4n) is 3.01. The fraction of sp³-hybridized carbons (Fsp3) is 0.158. The number of alkyl halides is 2. The van der Waals surface area contributed by atoms with Crippen LogP contribution in [0.3, 0.4) is 0 Å². The van der Waals surface area contributed by atoms with Gasteiger partial charge in [-0.1, -0.05) is 6.07 Å². The Hall–Kier alpha value is -3.82. The van der Waals surface area contributed by atoms with Crippen LogP contribution in [0.4, 0.5) is 20.4 Å². The van der Waals surface area contributed by atoms with E-state index in [0.29, 0.717) is 34.1 Å². The molecule has 0 fully saturated rings. The predicted octanol–water partition coefficient (Wildman–Crippen LogP) is 3.47. The van der Waals surface area contributed by atoms with E-state index in [9.17, 15) is 13.6 Å². The van der Waals surface area contributed by atoms with E-state index in [1.54, 1.807) is 31.2 Å². The molecule has 2 N–H and O–H groups in total. The molecule has 29 heavy (non-hydrogen) atoms. The van der Waals surface area contributed by atoms with Crippen LogP contribution >= 0.6 is 0 Å². The first kappa shape index (κ1) is 18.5. The van der Waals surface area contributed by atoms with Gasteiger partial charge in [0, 0.05) is 30.1 Å². The molecule has 0 atom stereocenters. The molecule has 0 saturated heterocycles. The normalized spacial score (nSPS) is 11.2. The number of H-pyrrole nitrogens is 1. The van der Waals surface area contributed by atoms with Crippen LogP contribution in [0.15, 0.2) is 47.4 Å². The first-order chi connectivity index (χ1) is 13.9. The van der Waals surface area contributed by atoms with Crippen molar-refractivity contribution in [1.29, 1.82) is 0 Å². The highest BCUT2D eigenvalue weighted by atomic mass is 19.3. The Morgan fingerprint density at radius 2 is 1.97 bits per heavy atom. The van der Waals surface area contributed by atoms with Gasteiger partial charge in [0.2, 0.25) is 0 Å². The average Bonchev–Trinajstić information content (AvgIpc) is 2.97. The molecular weight excluding hydrogens is 382 g/mol. The van der Waals surface area contributed by atoms with E-state index in [-0.39, 0.29) is 11.3 Å². The second kappa shape index (κ2) is 7.30. The zero-order valence-corrected chi connectivity index (χ0v) is 15.5. The number of aryl methyl sites for hydroxylation is 2. The third-order valence-corrected chi connectivity index (χ3v) is 4.10. The Labute approximate surface area is 163 Å². The van der Waals surface area contributed by atoms with Crippen molar-refractivity contribution in [3.05, 3.63) is 64.5 Å². The van der Waals surface area contributed by atoms with Crippen LogP contribution in [-0.2, 0) is 0 Å². The van der Waals surface area contributed by atoms with Crippen molar-refractivity contribution in [2.24, 2.45) is 0 Å². The quantitative estimate of drug-likeness (QED) is 0.534. The first-order valence-corrected chi connectivity index (χ1v) is 8.64. The average molecular weight is 398 g/mol. The zero-order chi connectivity index (χ0) is 20.5. The van der Waals surface area contributed by atoms with Gasteiger partial charge in [-0.15, -0.1) is 0 Å². The maximum absolute atomic E-state index is 12.5. The number of aromatic nitrogens is 5. The number of benzene rings is 1. The molecule has 0 aliphatic rings. The minimum absolute atomic E-state index is 0.0143. The summed E-state index contributed by atoms with van der Waals surface area (Å²) < 4.78 is 31.0. The molecule has 148 valence electrons. The van der Waals surface area contributed by atoms with Gasteiger partial charge in [0.05, 0.1) is 16.6 Å². The fourth-order valence-corrected chi connectivity index (χ4v) is 3.01. The smallest absolute Gasteiger partial charge is 0.387 e. The summed E-state index contributed by atoms with van der Waals surface area (Å²) in [5.41, 5.74) is 1.42. The largest absolute Gasteiger partial charge is 0.435 e. The van der Waals surface area contributed by atoms with Crippen LogP contribution in [0.5, 0.6) is 5.75 Å². The van der Waals surface area contributed by atoms with Crippen LogP contribution < -0.4 is 15.6 Å². The molecule has 1 aromatic carbocycles. The molecular formula is C19H16F2N6O2. The molecule has 0 aliphatic heterocycles. The molecule has 8 nitrogen and oxygen atoms in total. The Bertz CT molecular complexity index is 1230. The molecule has 10 heteroatoms. The number of fused-ring (bicyclic) bond motifs is 1. The highest BCUT2D eigenvalue weighted by Gasteiger charge is 2.12. The van der Waals surface area contributed by atoms with E-state index >= 15 is 0 Å². The highest BCUT2D eigenvalue weighted by Crippen LogP contribution is 2.23. The zero-order valence-electron chi connectivity index (χ0n) is 15.5. The lowest BCUT2D eigenvalue weighted by molar-refractivity contribution is -0.0498. The van der Waals surface area contributed by atoms with Gasteiger partial charge in [0.15, 0.2) is 0 Å². The summed E-state index contributed by atoms with van der Waals surface area (Å²) in [4.78, 5) is 25.1. The van der Waals surface area contributed by atoms with Crippen molar-refractivity contribution in [1.82, 2.24) is 24.7 Å². The number of aromatic amines is 1. The summed E-state index contributed by atoms with van der Waals surface area (Å²) in [6.45, 7) is 0.701. The van der Waals surface area contributed by atoms with E-state index in [1.807, 2.05) is 6.92 Å². The van der Waals surface area contributed by atoms with Gasteiger partial charge in [0.1, 0.15) is 23.2 Å². The third-order valence-electron chi connectivity index (χ3n) is 4.10. The van der Waals surface area contributed by atoms with Gasteiger partial charge < -0.3 is 10.1 Å².